The summed E-state index contributed by atoms with van der Waals surface area (Å²) in [5.74, 6) is 0.814. The molecule has 2 nitrogen and oxygen atoms in total. The molecule has 1 aromatic carbocycles. The number of thiophene rings is 1. The molecule has 0 saturated heterocycles. The monoisotopic (exact) mass is 335 g/mol. The van der Waals surface area contributed by atoms with E-state index in [1.54, 1.807) is 11.3 Å². The van der Waals surface area contributed by atoms with E-state index in [4.69, 9.17) is 10.2 Å². The number of halogens is 1. The van der Waals surface area contributed by atoms with E-state index < -0.39 is 0 Å². The van der Waals surface area contributed by atoms with Gasteiger partial charge in [0, 0.05) is 10.3 Å². The van der Waals surface area contributed by atoms with Crippen LogP contribution in [-0.4, -0.2) is 0 Å². The molecule has 0 bridgehead atoms. The molecule has 0 aliphatic heterocycles. The number of benzene rings is 1. The lowest BCUT2D eigenvalue weighted by atomic mass is 10.1. The Balaban J connectivity index is 2.03. The second-order valence-electron chi connectivity index (χ2n) is 4.77. The highest BCUT2D eigenvalue weighted by atomic mass is 79.9. The van der Waals surface area contributed by atoms with Gasteiger partial charge >= 0.3 is 0 Å². The van der Waals surface area contributed by atoms with Gasteiger partial charge in [0.05, 0.1) is 9.83 Å². The van der Waals surface area contributed by atoms with Gasteiger partial charge in [-0.1, -0.05) is 11.6 Å². The van der Waals surface area contributed by atoms with E-state index in [0.29, 0.717) is 0 Å². The molecule has 0 radical (unpaired) electrons. The maximum absolute atomic E-state index is 6.30. The third-order valence-electron chi connectivity index (χ3n) is 3.18. The molecule has 0 fully saturated rings. The Morgan fingerprint density at radius 2 is 2.00 bits per heavy atom. The minimum absolute atomic E-state index is 0.206. The van der Waals surface area contributed by atoms with Gasteiger partial charge in [-0.05, 0) is 59.6 Å². The minimum Gasteiger partial charge on any atom is -0.459 e. The number of nitrogens with two attached hydrogens (primary N) is 1. The first kappa shape index (κ1) is 12.9. The van der Waals surface area contributed by atoms with Crippen LogP contribution in [0, 0.1) is 13.8 Å². The number of hydrogen-bond donors (Lipinski definition) is 1. The summed E-state index contributed by atoms with van der Waals surface area (Å²) in [6, 6.07) is 10.1. The van der Waals surface area contributed by atoms with Crippen molar-refractivity contribution < 1.29 is 4.42 Å². The summed E-state index contributed by atoms with van der Waals surface area (Å²) in [6.45, 7) is 4.14. The van der Waals surface area contributed by atoms with E-state index in [9.17, 15) is 0 Å². The van der Waals surface area contributed by atoms with Gasteiger partial charge < -0.3 is 10.2 Å². The molecule has 19 heavy (non-hydrogen) atoms. The van der Waals surface area contributed by atoms with Crippen LogP contribution in [0.1, 0.15) is 27.8 Å². The first-order chi connectivity index (χ1) is 9.04. The van der Waals surface area contributed by atoms with Crippen LogP contribution in [0.15, 0.2) is 38.5 Å². The molecule has 0 aliphatic rings. The van der Waals surface area contributed by atoms with Crippen molar-refractivity contribution in [3.8, 4) is 0 Å². The molecule has 0 spiro atoms. The van der Waals surface area contributed by atoms with Gasteiger partial charge in [-0.3, -0.25) is 0 Å². The molecule has 2 N–H and O–H groups in total. The van der Waals surface area contributed by atoms with E-state index in [1.165, 1.54) is 11.1 Å². The van der Waals surface area contributed by atoms with Crippen molar-refractivity contribution in [2.45, 2.75) is 19.9 Å². The zero-order valence-electron chi connectivity index (χ0n) is 10.7. The third kappa shape index (κ3) is 2.36. The van der Waals surface area contributed by atoms with E-state index >= 15 is 0 Å². The summed E-state index contributed by atoms with van der Waals surface area (Å²) in [5.41, 5.74) is 9.62. The molecule has 0 saturated carbocycles. The zero-order chi connectivity index (χ0) is 13.6. The summed E-state index contributed by atoms with van der Waals surface area (Å²) in [6.07, 6.45) is 0. The average Bonchev–Trinajstić information content (AvgIpc) is 2.92. The van der Waals surface area contributed by atoms with Crippen LogP contribution in [0.4, 0.5) is 0 Å². The van der Waals surface area contributed by atoms with Gasteiger partial charge in [0.1, 0.15) is 11.3 Å². The lowest BCUT2D eigenvalue weighted by Gasteiger charge is -2.04. The summed E-state index contributed by atoms with van der Waals surface area (Å²) < 4.78 is 6.98. The number of hydrogen-bond acceptors (Lipinski definition) is 3. The number of rotatable bonds is 2. The highest BCUT2D eigenvalue weighted by molar-refractivity contribution is 9.11. The van der Waals surface area contributed by atoms with Crippen molar-refractivity contribution in [2.24, 2.45) is 5.73 Å². The molecular formula is C15H14BrNOS. The largest absolute Gasteiger partial charge is 0.459 e. The molecule has 2 heterocycles. The van der Waals surface area contributed by atoms with Crippen LogP contribution in [0.5, 0.6) is 0 Å². The van der Waals surface area contributed by atoms with Crippen LogP contribution in [0.25, 0.3) is 11.0 Å². The number of furan rings is 1. The number of fused-ring (bicyclic) bond motifs is 1. The van der Waals surface area contributed by atoms with Crippen molar-refractivity contribution in [1.29, 1.82) is 0 Å². The van der Waals surface area contributed by atoms with E-state index in [-0.39, 0.29) is 6.04 Å². The highest BCUT2D eigenvalue weighted by Crippen LogP contribution is 2.35. The summed E-state index contributed by atoms with van der Waals surface area (Å²) in [4.78, 5) is 1.11. The summed E-state index contributed by atoms with van der Waals surface area (Å²) in [7, 11) is 0. The lowest BCUT2D eigenvalue weighted by molar-refractivity contribution is 0.527. The lowest BCUT2D eigenvalue weighted by Crippen LogP contribution is -2.08. The smallest absolute Gasteiger partial charge is 0.134 e. The second-order valence-corrected chi connectivity index (χ2v) is 7.17. The maximum Gasteiger partial charge on any atom is 0.134 e. The standard InChI is InChI=1S/C15H14BrNOS/c1-8-3-4-11-10(5-8)7-12(18-11)14(17)13-6-9(2)15(16)19-13/h3-7,14H,17H2,1-2H3. The van der Waals surface area contributed by atoms with E-state index in [1.807, 2.05) is 18.2 Å². The topological polar surface area (TPSA) is 39.2 Å². The van der Waals surface area contributed by atoms with Crippen LogP contribution in [0.2, 0.25) is 0 Å². The highest BCUT2D eigenvalue weighted by Gasteiger charge is 2.17. The quantitative estimate of drug-likeness (QED) is 0.721. The molecule has 98 valence electrons. The molecule has 4 heteroatoms. The van der Waals surface area contributed by atoms with Crippen molar-refractivity contribution >= 4 is 38.2 Å². The molecule has 0 amide bonds. The van der Waals surface area contributed by atoms with Crippen LogP contribution < -0.4 is 5.73 Å². The summed E-state index contributed by atoms with van der Waals surface area (Å²) >= 11 is 5.20. The molecule has 3 rings (SSSR count). The molecule has 1 unspecified atom stereocenters. The van der Waals surface area contributed by atoms with Gasteiger partial charge in [-0.2, -0.15) is 0 Å². The third-order valence-corrected chi connectivity index (χ3v) is 5.40. The van der Waals surface area contributed by atoms with Crippen LogP contribution in [-0.2, 0) is 0 Å². The fourth-order valence-corrected chi connectivity index (χ4v) is 3.69. The molecule has 3 aromatic rings. The molecule has 2 aromatic heterocycles. The Morgan fingerprint density at radius 1 is 1.21 bits per heavy atom. The van der Waals surface area contributed by atoms with Crippen molar-refractivity contribution in [1.82, 2.24) is 0 Å². The Kier molecular flexibility index (Phi) is 3.25. The van der Waals surface area contributed by atoms with Gasteiger partial charge in [0.15, 0.2) is 0 Å². The van der Waals surface area contributed by atoms with Gasteiger partial charge in [-0.15, -0.1) is 11.3 Å². The van der Waals surface area contributed by atoms with Gasteiger partial charge in [0.25, 0.3) is 0 Å². The van der Waals surface area contributed by atoms with Gasteiger partial charge in [0.2, 0.25) is 0 Å². The number of aryl methyl sites for hydroxylation is 2. The Bertz CT molecular complexity index is 724. The first-order valence-corrected chi connectivity index (χ1v) is 7.67. The predicted molar refractivity (Wildman–Crippen MR) is 83.7 cm³/mol. The Hall–Kier alpha value is -1.10. The van der Waals surface area contributed by atoms with Crippen molar-refractivity contribution in [3.63, 3.8) is 0 Å². The molecule has 1 atom stereocenters. The predicted octanol–water partition coefficient (Wildman–Crippen LogP) is 4.92. The Labute approximate surface area is 124 Å². The van der Waals surface area contributed by atoms with Crippen LogP contribution in [0.3, 0.4) is 0 Å². The fourth-order valence-electron chi connectivity index (χ4n) is 2.11. The average molecular weight is 336 g/mol. The zero-order valence-corrected chi connectivity index (χ0v) is 13.1. The Morgan fingerprint density at radius 3 is 2.68 bits per heavy atom. The fraction of sp³-hybridized carbons (Fsp3) is 0.200. The SMILES string of the molecule is Cc1ccc2oc(C(N)c3cc(C)c(Br)s3)cc2c1. The minimum atomic E-state index is -0.206. The van der Waals surface area contributed by atoms with E-state index in [0.717, 1.165) is 25.4 Å². The van der Waals surface area contributed by atoms with E-state index in [2.05, 4.69) is 41.9 Å². The first-order valence-electron chi connectivity index (χ1n) is 6.06. The molecule has 0 aliphatic carbocycles. The normalized spacial score (nSPS) is 13.1. The van der Waals surface area contributed by atoms with Crippen molar-refractivity contribution in [2.75, 3.05) is 0 Å². The molecular weight excluding hydrogens is 322 g/mol. The van der Waals surface area contributed by atoms with Crippen molar-refractivity contribution in [3.05, 3.63) is 55.9 Å². The maximum atomic E-state index is 6.30. The van der Waals surface area contributed by atoms with Crippen LogP contribution >= 0.6 is 27.3 Å². The summed E-state index contributed by atoms with van der Waals surface area (Å²) in [5, 5.41) is 1.11. The second kappa shape index (κ2) is 4.78. The van der Waals surface area contributed by atoms with Gasteiger partial charge in [-0.25, -0.2) is 0 Å².